The van der Waals surface area contributed by atoms with Gasteiger partial charge in [-0.3, -0.25) is 13.8 Å². The Morgan fingerprint density at radius 1 is 1.18 bits per heavy atom. The highest BCUT2D eigenvalue weighted by Gasteiger charge is 2.33. The first kappa shape index (κ1) is 20.1. The summed E-state index contributed by atoms with van der Waals surface area (Å²) in [6, 6.07) is 11.7. The number of hydrogen-bond acceptors (Lipinski definition) is 7. The lowest BCUT2D eigenvalue weighted by Crippen LogP contribution is -2.29. The lowest BCUT2D eigenvalue weighted by molar-refractivity contribution is -0.121. The zero-order valence-corrected chi connectivity index (χ0v) is 16.3. The van der Waals surface area contributed by atoms with Crippen molar-refractivity contribution in [1.82, 2.24) is 0 Å². The predicted octanol–water partition coefficient (Wildman–Crippen LogP) is 2.48. The van der Waals surface area contributed by atoms with Gasteiger partial charge < -0.3 is 14.0 Å². The zero-order valence-electron chi connectivity index (χ0n) is 14.7. The molecule has 2 aromatic rings. The van der Waals surface area contributed by atoms with E-state index in [0.717, 1.165) is 9.80 Å². The number of esters is 1. The van der Waals surface area contributed by atoms with E-state index in [4.69, 9.17) is 4.74 Å². The summed E-state index contributed by atoms with van der Waals surface area (Å²) in [6.45, 7) is 0. The van der Waals surface area contributed by atoms with E-state index in [-0.39, 0.29) is 29.8 Å². The SMILES string of the molecule is COC(=O)c1cc(NS(=O)[O-])c(Sc2ccccc2)c(N2C(=O)CCC2=O)c1. The van der Waals surface area contributed by atoms with Crippen molar-refractivity contribution < 1.29 is 27.9 Å². The zero-order chi connectivity index (χ0) is 20.3. The molecule has 1 fully saturated rings. The highest BCUT2D eigenvalue weighted by Crippen LogP contribution is 2.43. The minimum Gasteiger partial charge on any atom is -0.755 e. The molecule has 1 unspecified atom stereocenters. The minimum atomic E-state index is -2.69. The molecule has 0 aromatic heterocycles. The van der Waals surface area contributed by atoms with Crippen molar-refractivity contribution >= 4 is 52.2 Å². The minimum absolute atomic E-state index is 0.00959. The number of nitrogens with zero attached hydrogens (tertiary/aromatic N) is 1. The van der Waals surface area contributed by atoms with Crippen LogP contribution in [0.4, 0.5) is 11.4 Å². The number of nitrogens with one attached hydrogen (secondary N) is 1. The third-order valence-corrected chi connectivity index (χ3v) is 5.47. The lowest BCUT2D eigenvalue weighted by atomic mass is 10.1. The second-order valence-corrected chi connectivity index (χ2v) is 7.50. The van der Waals surface area contributed by atoms with E-state index in [1.54, 1.807) is 24.3 Å². The molecule has 1 N–H and O–H groups in total. The number of imide groups is 1. The van der Waals surface area contributed by atoms with Crippen molar-refractivity contribution in [2.24, 2.45) is 0 Å². The molecule has 0 saturated carbocycles. The normalized spacial score (nSPS) is 14.9. The molecular weight excluding hydrogens is 404 g/mol. The van der Waals surface area contributed by atoms with E-state index in [1.165, 1.54) is 31.0 Å². The van der Waals surface area contributed by atoms with Crippen LogP contribution in [0.3, 0.4) is 0 Å². The van der Waals surface area contributed by atoms with Gasteiger partial charge in [0.1, 0.15) is 0 Å². The van der Waals surface area contributed by atoms with Crippen LogP contribution < -0.4 is 9.62 Å². The largest absolute Gasteiger partial charge is 0.755 e. The van der Waals surface area contributed by atoms with E-state index in [0.29, 0.717) is 4.90 Å². The number of rotatable bonds is 6. The van der Waals surface area contributed by atoms with Crippen LogP contribution in [0.1, 0.15) is 23.2 Å². The van der Waals surface area contributed by atoms with Gasteiger partial charge in [-0.1, -0.05) is 30.0 Å². The summed E-state index contributed by atoms with van der Waals surface area (Å²) in [7, 11) is 1.18. The third-order valence-electron chi connectivity index (χ3n) is 3.94. The van der Waals surface area contributed by atoms with Gasteiger partial charge in [0.2, 0.25) is 11.8 Å². The number of amides is 2. The number of carbonyl (C=O) groups excluding carboxylic acids is 3. The molecule has 1 aliphatic rings. The van der Waals surface area contributed by atoms with Gasteiger partial charge in [0.15, 0.2) is 0 Å². The predicted molar refractivity (Wildman–Crippen MR) is 103 cm³/mol. The molecule has 1 saturated heterocycles. The maximum atomic E-state index is 12.3. The molecule has 2 aromatic carbocycles. The van der Waals surface area contributed by atoms with Gasteiger partial charge in [-0.15, -0.1) is 0 Å². The van der Waals surface area contributed by atoms with Crippen LogP contribution >= 0.6 is 11.8 Å². The van der Waals surface area contributed by atoms with Gasteiger partial charge in [0, 0.05) is 29.0 Å². The van der Waals surface area contributed by atoms with Crippen molar-refractivity contribution in [3.05, 3.63) is 48.0 Å². The summed E-state index contributed by atoms with van der Waals surface area (Å²) >= 11 is -1.52. The summed E-state index contributed by atoms with van der Waals surface area (Å²) in [5.74, 6) is -1.57. The van der Waals surface area contributed by atoms with E-state index in [9.17, 15) is 23.1 Å². The van der Waals surface area contributed by atoms with Crippen LogP contribution in [0.25, 0.3) is 0 Å². The molecule has 10 heteroatoms. The number of ether oxygens (including phenoxy) is 1. The fourth-order valence-electron chi connectivity index (χ4n) is 2.74. The average molecular weight is 419 g/mol. The summed E-state index contributed by atoms with van der Waals surface area (Å²) in [4.78, 5) is 38.7. The molecule has 146 valence electrons. The molecule has 28 heavy (non-hydrogen) atoms. The van der Waals surface area contributed by atoms with E-state index in [1.807, 2.05) is 6.07 Å². The summed E-state index contributed by atoms with van der Waals surface area (Å²) in [5.41, 5.74) is 0.208. The van der Waals surface area contributed by atoms with Crippen molar-refractivity contribution in [1.29, 1.82) is 0 Å². The molecule has 1 atom stereocenters. The molecule has 1 heterocycles. The van der Waals surface area contributed by atoms with Crippen molar-refractivity contribution in [3.63, 3.8) is 0 Å². The topological polar surface area (TPSA) is 116 Å². The van der Waals surface area contributed by atoms with Gasteiger partial charge in [-0.2, -0.15) is 0 Å². The first-order valence-electron chi connectivity index (χ1n) is 8.11. The van der Waals surface area contributed by atoms with Gasteiger partial charge in [-0.25, -0.2) is 9.69 Å². The summed E-state index contributed by atoms with van der Waals surface area (Å²) in [5, 5.41) is 0. The maximum absolute atomic E-state index is 12.3. The Morgan fingerprint density at radius 3 is 2.39 bits per heavy atom. The van der Waals surface area contributed by atoms with Gasteiger partial charge in [0.05, 0.1) is 28.9 Å². The Labute approximate surface area is 167 Å². The Kier molecular flexibility index (Phi) is 6.12. The molecule has 1 aliphatic heterocycles. The molecule has 0 bridgehead atoms. The monoisotopic (exact) mass is 419 g/mol. The van der Waals surface area contributed by atoms with Gasteiger partial charge in [-0.05, 0) is 24.3 Å². The molecule has 3 rings (SSSR count). The molecular formula is C18H15N2O6S2-. The third kappa shape index (κ3) is 4.24. The van der Waals surface area contributed by atoms with Crippen LogP contribution in [0.5, 0.6) is 0 Å². The van der Waals surface area contributed by atoms with Crippen molar-refractivity contribution in [2.45, 2.75) is 22.6 Å². The summed E-state index contributed by atoms with van der Waals surface area (Å²) < 4.78 is 29.6. The number of benzene rings is 2. The number of methoxy groups -OCH3 is 1. The fourth-order valence-corrected chi connectivity index (χ4v) is 4.15. The quantitative estimate of drug-likeness (QED) is 0.434. The standard InChI is InChI=1S/C18H16N2O6S2/c1-26-18(23)11-9-13(19-28(24)25)17(27-12-5-3-2-4-6-12)14(10-11)20-15(21)7-8-16(20)22/h2-6,9-10,19H,7-8H2,1H3,(H,24,25)/p-1. The van der Waals surface area contributed by atoms with Gasteiger partial charge >= 0.3 is 5.97 Å². The van der Waals surface area contributed by atoms with Crippen molar-refractivity contribution in [3.8, 4) is 0 Å². The molecule has 0 radical (unpaired) electrons. The van der Waals surface area contributed by atoms with Crippen LogP contribution in [0.2, 0.25) is 0 Å². The lowest BCUT2D eigenvalue weighted by Gasteiger charge is -2.22. The Morgan fingerprint density at radius 2 is 1.82 bits per heavy atom. The number of anilines is 2. The summed E-state index contributed by atoms with van der Waals surface area (Å²) in [6.07, 6.45) is 0.0972. The van der Waals surface area contributed by atoms with Crippen molar-refractivity contribution in [2.75, 3.05) is 16.7 Å². The van der Waals surface area contributed by atoms with E-state index >= 15 is 0 Å². The Balaban J connectivity index is 2.22. The van der Waals surface area contributed by atoms with E-state index < -0.39 is 29.1 Å². The fraction of sp³-hybridized carbons (Fsp3) is 0.167. The Hall–Kier alpha value is -2.69. The number of carbonyl (C=O) groups is 3. The average Bonchev–Trinajstić information content (AvgIpc) is 3.01. The van der Waals surface area contributed by atoms with Gasteiger partial charge in [0.25, 0.3) is 0 Å². The molecule has 2 amide bonds. The first-order chi connectivity index (χ1) is 13.4. The second kappa shape index (κ2) is 8.55. The van der Waals surface area contributed by atoms with Crippen LogP contribution in [0, 0.1) is 0 Å². The van der Waals surface area contributed by atoms with Crippen LogP contribution in [0.15, 0.2) is 52.3 Å². The highest BCUT2D eigenvalue weighted by atomic mass is 32.2. The Bertz CT molecular complexity index is 948. The first-order valence-corrected chi connectivity index (χ1v) is 10.0. The highest BCUT2D eigenvalue weighted by molar-refractivity contribution is 7.99. The van der Waals surface area contributed by atoms with E-state index in [2.05, 4.69) is 4.72 Å². The van der Waals surface area contributed by atoms with Crippen LogP contribution in [-0.2, 0) is 25.6 Å². The molecule has 0 aliphatic carbocycles. The maximum Gasteiger partial charge on any atom is 0.338 e. The second-order valence-electron chi connectivity index (χ2n) is 5.74. The number of hydrogen-bond donors (Lipinski definition) is 1. The molecule has 8 nitrogen and oxygen atoms in total. The smallest absolute Gasteiger partial charge is 0.338 e. The van der Waals surface area contributed by atoms with Crippen LogP contribution in [-0.4, -0.2) is 33.7 Å². The molecule has 0 spiro atoms.